The van der Waals surface area contributed by atoms with E-state index in [9.17, 15) is 22.9 Å². The van der Waals surface area contributed by atoms with Gasteiger partial charge in [-0.1, -0.05) is 23.2 Å². The van der Waals surface area contributed by atoms with E-state index in [-0.39, 0.29) is 19.3 Å². The van der Waals surface area contributed by atoms with Crippen molar-refractivity contribution in [1.29, 1.82) is 0 Å². The molecule has 0 atom stereocenters. The minimum Gasteiger partial charge on any atom is -0.277 e. The fraction of sp³-hybridized carbons (Fsp3) is 0. The molecule has 0 radical (unpaired) electrons. The van der Waals surface area contributed by atoms with E-state index >= 15 is 0 Å². The van der Waals surface area contributed by atoms with E-state index in [1.807, 2.05) is 0 Å². The second-order valence-corrected chi connectivity index (χ2v) is 7.68. The largest absolute Gasteiger partial charge is 0.300 e. The van der Waals surface area contributed by atoms with Gasteiger partial charge in [-0.05, 0) is 18.2 Å². The highest BCUT2D eigenvalue weighted by atomic mass is 35.5. The summed E-state index contributed by atoms with van der Waals surface area (Å²) in [6.07, 6.45) is 0. The topological polar surface area (TPSA) is 89.3 Å². The fourth-order valence-electron chi connectivity index (χ4n) is 1.36. The Balaban J connectivity index is 2.38. The Morgan fingerprint density at radius 3 is 2.48 bits per heavy atom. The van der Waals surface area contributed by atoms with Crippen LogP contribution < -0.4 is 4.72 Å². The van der Waals surface area contributed by atoms with Crippen LogP contribution in [-0.2, 0) is 10.0 Å². The molecule has 0 bridgehead atoms. The van der Waals surface area contributed by atoms with E-state index in [1.54, 1.807) is 0 Å². The van der Waals surface area contributed by atoms with Crippen molar-refractivity contribution in [2.24, 2.45) is 0 Å². The lowest BCUT2D eigenvalue weighted by Gasteiger charge is -2.07. The van der Waals surface area contributed by atoms with Gasteiger partial charge in [-0.3, -0.25) is 14.8 Å². The monoisotopic (exact) mass is 370 g/mol. The van der Waals surface area contributed by atoms with Crippen molar-refractivity contribution in [2.45, 2.75) is 4.21 Å². The SMILES string of the molecule is O=[N+]([O-])c1cc(S(=O)(=O)Nc2ccc(F)cc2Cl)sc1Cl. The van der Waals surface area contributed by atoms with Crippen LogP contribution in [-0.4, -0.2) is 13.3 Å². The summed E-state index contributed by atoms with van der Waals surface area (Å²) < 4.78 is 38.6. The number of nitro groups is 1. The minimum absolute atomic E-state index is 0.0507. The zero-order chi connectivity index (χ0) is 15.8. The molecule has 0 spiro atoms. The molecule has 1 aromatic heterocycles. The second kappa shape index (κ2) is 5.76. The van der Waals surface area contributed by atoms with E-state index < -0.39 is 26.5 Å². The third-order valence-corrected chi connectivity index (χ3v) is 5.77. The number of hydrogen-bond donors (Lipinski definition) is 1. The molecule has 0 aliphatic carbocycles. The number of rotatable bonds is 4. The van der Waals surface area contributed by atoms with Crippen LogP contribution in [0.5, 0.6) is 0 Å². The maximum atomic E-state index is 12.9. The van der Waals surface area contributed by atoms with Gasteiger partial charge in [0.15, 0.2) is 4.34 Å². The van der Waals surface area contributed by atoms with Gasteiger partial charge in [0, 0.05) is 6.07 Å². The standard InChI is InChI=1S/C10H5Cl2FN2O4S2/c11-6-3-5(13)1-2-7(6)14-21(18,19)9-4-8(15(16)17)10(12)20-9/h1-4,14H. The zero-order valence-electron chi connectivity index (χ0n) is 9.84. The predicted octanol–water partition coefficient (Wildman–Crippen LogP) is 3.90. The molecule has 11 heteroatoms. The molecule has 2 aromatic rings. The normalized spacial score (nSPS) is 11.4. The van der Waals surface area contributed by atoms with Crippen molar-refractivity contribution in [3.8, 4) is 0 Å². The van der Waals surface area contributed by atoms with Crippen molar-refractivity contribution in [3.05, 3.63) is 49.6 Å². The molecule has 2 rings (SSSR count). The lowest BCUT2D eigenvalue weighted by Crippen LogP contribution is -2.11. The third-order valence-electron chi connectivity index (χ3n) is 2.28. The first-order valence-electron chi connectivity index (χ1n) is 5.12. The van der Waals surface area contributed by atoms with Crippen LogP contribution in [0.1, 0.15) is 0 Å². The van der Waals surface area contributed by atoms with Gasteiger partial charge in [-0.2, -0.15) is 0 Å². The molecule has 0 saturated heterocycles. The Morgan fingerprint density at radius 2 is 1.95 bits per heavy atom. The first-order chi connectivity index (χ1) is 9.70. The summed E-state index contributed by atoms with van der Waals surface area (Å²) in [6, 6.07) is 3.93. The molecule has 1 heterocycles. The fourth-order valence-corrected chi connectivity index (χ4v) is 4.38. The van der Waals surface area contributed by atoms with Crippen molar-refractivity contribution in [2.75, 3.05) is 4.72 Å². The van der Waals surface area contributed by atoms with Gasteiger partial charge in [0.1, 0.15) is 10.0 Å². The van der Waals surface area contributed by atoms with Crippen LogP contribution in [0.4, 0.5) is 15.8 Å². The smallest absolute Gasteiger partial charge is 0.277 e. The Hall–Kier alpha value is -1.42. The average molecular weight is 371 g/mol. The highest BCUT2D eigenvalue weighted by Gasteiger charge is 2.25. The molecule has 1 N–H and O–H groups in total. The van der Waals surface area contributed by atoms with E-state index in [0.717, 1.165) is 24.3 Å². The molecular weight excluding hydrogens is 366 g/mol. The molecule has 0 aliphatic heterocycles. The Bertz CT molecular complexity index is 822. The van der Waals surface area contributed by atoms with Crippen molar-refractivity contribution >= 4 is 55.9 Å². The number of thiophene rings is 1. The van der Waals surface area contributed by atoms with Crippen LogP contribution in [0, 0.1) is 15.9 Å². The lowest BCUT2D eigenvalue weighted by atomic mass is 10.3. The predicted molar refractivity (Wildman–Crippen MR) is 78.2 cm³/mol. The summed E-state index contributed by atoms with van der Waals surface area (Å²) in [5.41, 5.74) is -0.558. The van der Waals surface area contributed by atoms with Gasteiger partial charge in [-0.15, -0.1) is 11.3 Å². The van der Waals surface area contributed by atoms with Crippen LogP contribution in [0.3, 0.4) is 0 Å². The van der Waals surface area contributed by atoms with Crippen LogP contribution in [0.25, 0.3) is 0 Å². The molecule has 0 unspecified atom stereocenters. The zero-order valence-corrected chi connectivity index (χ0v) is 13.0. The Labute approximate surface area is 132 Å². The minimum atomic E-state index is -4.11. The quantitative estimate of drug-likeness (QED) is 0.652. The highest BCUT2D eigenvalue weighted by molar-refractivity contribution is 7.94. The number of hydrogen-bond acceptors (Lipinski definition) is 5. The lowest BCUT2D eigenvalue weighted by molar-refractivity contribution is -0.384. The van der Waals surface area contributed by atoms with Gasteiger partial charge in [0.2, 0.25) is 0 Å². The molecule has 0 saturated carbocycles. The molecular formula is C10H5Cl2FN2O4S2. The van der Waals surface area contributed by atoms with Gasteiger partial charge < -0.3 is 0 Å². The number of nitrogens with one attached hydrogen (secondary N) is 1. The second-order valence-electron chi connectivity index (χ2n) is 3.71. The van der Waals surface area contributed by atoms with Crippen LogP contribution in [0.15, 0.2) is 28.5 Å². The summed E-state index contributed by atoms with van der Waals surface area (Å²) in [4.78, 5) is 9.87. The first-order valence-corrected chi connectivity index (χ1v) is 8.18. The molecule has 21 heavy (non-hydrogen) atoms. The van der Waals surface area contributed by atoms with E-state index in [0.29, 0.717) is 11.3 Å². The van der Waals surface area contributed by atoms with Gasteiger partial charge >= 0.3 is 0 Å². The summed E-state index contributed by atoms with van der Waals surface area (Å²) in [5, 5.41) is 10.5. The van der Waals surface area contributed by atoms with E-state index in [1.165, 1.54) is 0 Å². The highest BCUT2D eigenvalue weighted by Crippen LogP contribution is 2.37. The molecule has 0 fully saturated rings. The molecule has 1 aromatic carbocycles. The Morgan fingerprint density at radius 1 is 1.29 bits per heavy atom. The summed E-state index contributed by atoms with van der Waals surface area (Å²) in [6.45, 7) is 0. The van der Waals surface area contributed by atoms with E-state index in [2.05, 4.69) is 4.72 Å². The number of halogens is 3. The molecule has 0 aliphatic rings. The Kier molecular flexibility index (Phi) is 4.38. The van der Waals surface area contributed by atoms with Crippen LogP contribution in [0.2, 0.25) is 9.36 Å². The molecule has 112 valence electrons. The average Bonchev–Trinajstić information content (AvgIpc) is 2.76. The van der Waals surface area contributed by atoms with Gasteiger partial charge in [0.25, 0.3) is 15.7 Å². The maximum absolute atomic E-state index is 12.9. The van der Waals surface area contributed by atoms with Crippen molar-refractivity contribution in [3.63, 3.8) is 0 Å². The first kappa shape index (κ1) is 16.0. The number of sulfonamides is 1. The molecule has 0 amide bonds. The maximum Gasteiger partial charge on any atom is 0.300 e. The number of benzene rings is 1. The van der Waals surface area contributed by atoms with Gasteiger partial charge in [0.05, 0.1) is 15.6 Å². The van der Waals surface area contributed by atoms with Gasteiger partial charge in [-0.25, -0.2) is 12.8 Å². The number of anilines is 1. The van der Waals surface area contributed by atoms with E-state index in [4.69, 9.17) is 23.2 Å². The van der Waals surface area contributed by atoms with Crippen molar-refractivity contribution < 1.29 is 17.7 Å². The van der Waals surface area contributed by atoms with Crippen LogP contribution >= 0.6 is 34.5 Å². The summed E-state index contributed by atoms with van der Waals surface area (Å²) >= 11 is 11.9. The van der Waals surface area contributed by atoms with Crippen molar-refractivity contribution in [1.82, 2.24) is 0 Å². The molecule has 6 nitrogen and oxygen atoms in total. The number of nitrogens with zero attached hydrogens (tertiary/aromatic N) is 1. The summed E-state index contributed by atoms with van der Waals surface area (Å²) in [7, 11) is -4.11. The third kappa shape index (κ3) is 3.43. The summed E-state index contributed by atoms with van der Waals surface area (Å²) in [5.74, 6) is -0.627.